The number of rotatable bonds is 1. The molecule has 0 spiro atoms. The van der Waals surface area contributed by atoms with Gasteiger partial charge in [0.05, 0.1) is 6.20 Å². The zero-order valence-corrected chi connectivity index (χ0v) is 9.06. The van der Waals surface area contributed by atoms with E-state index in [0.717, 1.165) is 11.8 Å². The van der Waals surface area contributed by atoms with Gasteiger partial charge < -0.3 is 5.73 Å². The lowest BCUT2D eigenvalue weighted by Gasteiger charge is -1.94. The summed E-state index contributed by atoms with van der Waals surface area (Å²) in [5.74, 6) is 5.95. The van der Waals surface area contributed by atoms with Crippen molar-refractivity contribution in [3.63, 3.8) is 0 Å². The first-order valence-electron chi connectivity index (χ1n) is 3.57. The molecule has 0 aliphatic rings. The molecular formula is C8H7BrClN3. The topological polar surface area (TPSA) is 51.8 Å². The minimum absolute atomic E-state index is 0.200. The van der Waals surface area contributed by atoms with Gasteiger partial charge >= 0.3 is 0 Å². The highest BCUT2D eigenvalue weighted by Crippen LogP contribution is 2.11. The predicted octanol–water partition coefficient (Wildman–Crippen LogP) is 1.85. The van der Waals surface area contributed by atoms with Gasteiger partial charge in [-0.3, -0.25) is 0 Å². The average Bonchev–Trinajstić information content (AvgIpc) is 2.12. The lowest BCUT2D eigenvalue weighted by molar-refractivity contribution is 1.18. The van der Waals surface area contributed by atoms with E-state index in [1.54, 1.807) is 0 Å². The molecule has 5 heteroatoms. The van der Waals surface area contributed by atoms with E-state index in [1.165, 1.54) is 6.20 Å². The maximum atomic E-state index is 5.65. The molecule has 1 aromatic rings. The van der Waals surface area contributed by atoms with Gasteiger partial charge in [0.25, 0.3) is 0 Å². The summed E-state index contributed by atoms with van der Waals surface area (Å²) >= 11 is 8.92. The largest absolute Gasteiger partial charge is 0.381 e. The van der Waals surface area contributed by atoms with Gasteiger partial charge in [-0.05, 0) is 5.92 Å². The minimum atomic E-state index is 0.200. The molecule has 0 bridgehead atoms. The third kappa shape index (κ3) is 3.21. The number of hydrogen-bond donors (Lipinski definition) is 1. The summed E-state index contributed by atoms with van der Waals surface area (Å²) < 4.78 is 0. The Morgan fingerprint density at radius 2 is 2.38 bits per heavy atom. The van der Waals surface area contributed by atoms with Gasteiger partial charge in [-0.25, -0.2) is 9.97 Å². The van der Waals surface area contributed by atoms with Crippen molar-refractivity contribution >= 4 is 33.3 Å². The highest BCUT2D eigenvalue weighted by molar-refractivity contribution is 9.09. The summed E-state index contributed by atoms with van der Waals surface area (Å²) in [5, 5.41) is 1.04. The highest BCUT2D eigenvalue weighted by Gasteiger charge is 1.98. The normalized spacial score (nSPS) is 9.08. The molecule has 0 aliphatic heterocycles. The number of nitrogen functional groups attached to an aromatic ring is 1. The van der Waals surface area contributed by atoms with Crippen LogP contribution in [0.2, 0.25) is 5.15 Å². The van der Waals surface area contributed by atoms with Crippen LogP contribution in [0.3, 0.4) is 0 Å². The van der Waals surface area contributed by atoms with Crippen molar-refractivity contribution in [3.8, 4) is 11.8 Å². The summed E-state index contributed by atoms with van der Waals surface area (Å²) in [4.78, 5) is 7.76. The Kier molecular flexibility index (Phi) is 4.00. The van der Waals surface area contributed by atoms with Gasteiger partial charge in [-0.15, -0.1) is 0 Å². The molecule has 0 aliphatic carbocycles. The Bertz CT molecular complexity index is 356. The van der Waals surface area contributed by atoms with Crippen LogP contribution in [0.15, 0.2) is 6.20 Å². The molecule has 3 nitrogen and oxygen atoms in total. The monoisotopic (exact) mass is 259 g/mol. The van der Waals surface area contributed by atoms with E-state index in [0.29, 0.717) is 5.69 Å². The third-order valence-corrected chi connectivity index (χ3v) is 1.87. The number of anilines is 1. The summed E-state index contributed by atoms with van der Waals surface area (Å²) in [6.45, 7) is 0. The van der Waals surface area contributed by atoms with Crippen LogP contribution in [0.4, 0.5) is 5.82 Å². The van der Waals surface area contributed by atoms with Crippen LogP contribution in [0.5, 0.6) is 0 Å². The lowest BCUT2D eigenvalue weighted by Crippen LogP contribution is -1.95. The molecule has 0 radical (unpaired) electrons. The predicted molar refractivity (Wildman–Crippen MR) is 56.7 cm³/mol. The average molecular weight is 261 g/mol. The second-order valence-corrected chi connectivity index (χ2v) is 3.32. The molecule has 0 fully saturated rings. The van der Waals surface area contributed by atoms with Crippen LogP contribution < -0.4 is 5.73 Å². The molecular weight excluding hydrogens is 253 g/mol. The summed E-state index contributed by atoms with van der Waals surface area (Å²) in [5.41, 5.74) is 5.92. The number of nitrogens with zero attached hydrogens (tertiary/aromatic N) is 2. The molecule has 0 saturated heterocycles. The van der Waals surface area contributed by atoms with Crippen molar-refractivity contribution < 1.29 is 0 Å². The van der Waals surface area contributed by atoms with Gasteiger partial charge in [-0.2, -0.15) is 0 Å². The van der Waals surface area contributed by atoms with Gasteiger partial charge in [0.15, 0.2) is 11.0 Å². The molecule has 1 aromatic heterocycles. The van der Waals surface area contributed by atoms with Crippen molar-refractivity contribution in [2.24, 2.45) is 0 Å². The van der Waals surface area contributed by atoms with Crippen LogP contribution in [0, 0.1) is 11.8 Å². The number of hydrogen-bond acceptors (Lipinski definition) is 3. The fraction of sp³-hybridized carbons (Fsp3) is 0.250. The second kappa shape index (κ2) is 5.05. The molecule has 0 amide bonds. The Labute approximate surface area is 89.8 Å². The Morgan fingerprint density at radius 3 is 3.00 bits per heavy atom. The Hall–Kier alpha value is -0.790. The molecule has 0 aromatic carbocycles. The van der Waals surface area contributed by atoms with Crippen LogP contribution in [0.1, 0.15) is 12.1 Å². The second-order valence-electron chi connectivity index (χ2n) is 2.17. The van der Waals surface area contributed by atoms with Crippen LogP contribution >= 0.6 is 27.5 Å². The maximum absolute atomic E-state index is 5.65. The zero-order valence-electron chi connectivity index (χ0n) is 6.72. The number of halogens is 2. The van der Waals surface area contributed by atoms with Crippen LogP contribution in [-0.4, -0.2) is 15.3 Å². The van der Waals surface area contributed by atoms with E-state index in [2.05, 4.69) is 37.7 Å². The minimum Gasteiger partial charge on any atom is -0.381 e. The standard InChI is InChI=1S/C8H7BrClN3/c9-4-2-1-3-6-5-12-8(11)7(10)13-6/h5H,2,4H2,(H2,11,12). The van der Waals surface area contributed by atoms with Gasteiger partial charge in [0.1, 0.15) is 5.69 Å². The molecule has 0 unspecified atom stereocenters. The van der Waals surface area contributed by atoms with E-state index in [-0.39, 0.29) is 11.0 Å². The van der Waals surface area contributed by atoms with E-state index < -0.39 is 0 Å². The first kappa shape index (κ1) is 10.3. The van der Waals surface area contributed by atoms with Crippen molar-refractivity contribution in [3.05, 3.63) is 17.0 Å². The van der Waals surface area contributed by atoms with Crippen molar-refractivity contribution in [1.82, 2.24) is 9.97 Å². The maximum Gasteiger partial charge on any atom is 0.172 e. The fourth-order valence-corrected chi connectivity index (χ4v) is 0.974. The molecule has 1 heterocycles. The molecule has 0 atom stereocenters. The van der Waals surface area contributed by atoms with Gasteiger partial charge in [-0.1, -0.05) is 33.5 Å². The smallest absolute Gasteiger partial charge is 0.172 e. The molecule has 0 saturated carbocycles. The Balaban J connectivity index is 2.81. The Morgan fingerprint density at radius 1 is 1.62 bits per heavy atom. The van der Waals surface area contributed by atoms with Crippen molar-refractivity contribution in [1.29, 1.82) is 0 Å². The molecule has 68 valence electrons. The molecule has 1 rings (SSSR count). The summed E-state index contributed by atoms with van der Waals surface area (Å²) in [6, 6.07) is 0. The SMILES string of the molecule is Nc1ncc(C#CCCBr)nc1Cl. The molecule has 2 N–H and O–H groups in total. The number of nitrogens with two attached hydrogens (primary N) is 1. The summed E-state index contributed by atoms with van der Waals surface area (Å²) in [7, 11) is 0. The van der Waals surface area contributed by atoms with Gasteiger partial charge in [0, 0.05) is 11.8 Å². The van der Waals surface area contributed by atoms with Crippen LogP contribution in [0.25, 0.3) is 0 Å². The van der Waals surface area contributed by atoms with Gasteiger partial charge in [0.2, 0.25) is 0 Å². The van der Waals surface area contributed by atoms with E-state index in [4.69, 9.17) is 17.3 Å². The van der Waals surface area contributed by atoms with E-state index in [1.807, 2.05) is 0 Å². The lowest BCUT2D eigenvalue weighted by atomic mass is 10.4. The third-order valence-electron chi connectivity index (χ3n) is 1.19. The van der Waals surface area contributed by atoms with Crippen molar-refractivity contribution in [2.45, 2.75) is 6.42 Å². The van der Waals surface area contributed by atoms with E-state index >= 15 is 0 Å². The number of alkyl halides is 1. The first-order valence-corrected chi connectivity index (χ1v) is 5.07. The summed E-state index contributed by atoms with van der Waals surface area (Å²) in [6.07, 6.45) is 2.27. The van der Waals surface area contributed by atoms with E-state index in [9.17, 15) is 0 Å². The fourth-order valence-electron chi connectivity index (χ4n) is 0.636. The number of aromatic nitrogens is 2. The quantitative estimate of drug-likeness (QED) is 0.619. The first-order chi connectivity index (χ1) is 6.24. The molecule has 13 heavy (non-hydrogen) atoms. The zero-order chi connectivity index (χ0) is 9.68. The van der Waals surface area contributed by atoms with Crippen molar-refractivity contribution in [2.75, 3.05) is 11.1 Å². The highest BCUT2D eigenvalue weighted by atomic mass is 79.9. The van der Waals surface area contributed by atoms with Crippen LogP contribution in [-0.2, 0) is 0 Å².